The van der Waals surface area contributed by atoms with Gasteiger partial charge >= 0.3 is 0 Å². The lowest BCUT2D eigenvalue weighted by molar-refractivity contribution is -0.119. The first kappa shape index (κ1) is 13.7. The minimum atomic E-state index is -0.756. The smallest absolute Gasteiger partial charge is 0.270 e. The Bertz CT molecular complexity index is 500. The second kappa shape index (κ2) is 6.37. The van der Waals surface area contributed by atoms with Gasteiger partial charge in [0.15, 0.2) is 0 Å². The zero-order valence-corrected chi connectivity index (χ0v) is 9.80. The molecule has 6 nitrogen and oxygen atoms in total. The van der Waals surface area contributed by atoms with Crippen LogP contribution < -0.4 is 11.1 Å². The number of aliphatic hydroxyl groups is 1. The largest absolute Gasteiger partial charge is 0.384 e. The summed E-state index contributed by atoms with van der Waals surface area (Å²) in [5.74, 6) is 4.02. The molecular weight excluding hydrogens is 234 g/mol. The third-order valence-corrected chi connectivity index (χ3v) is 2.08. The van der Waals surface area contributed by atoms with Crippen molar-refractivity contribution in [3.05, 3.63) is 29.6 Å². The van der Waals surface area contributed by atoms with Crippen LogP contribution in [0.3, 0.4) is 0 Å². The van der Waals surface area contributed by atoms with Gasteiger partial charge in [-0.1, -0.05) is 11.8 Å². The van der Waals surface area contributed by atoms with E-state index in [4.69, 9.17) is 10.8 Å². The summed E-state index contributed by atoms with van der Waals surface area (Å²) in [5, 5.41) is 10.9. The van der Waals surface area contributed by atoms with Gasteiger partial charge in [0.1, 0.15) is 18.3 Å². The number of carbonyl (C=O) groups excluding carboxylic acids is 2. The van der Waals surface area contributed by atoms with Gasteiger partial charge in [-0.05, 0) is 19.1 Å². The summed E-state index contributed by atoms with van der Waals surface area (Å²) in [6.07, 6.45) is 1.41. The zero-order chi connectivity index (χ0) is 13.5. The molecule has 0 saturated heterocycles. The third-order valence-electron chi connectivity index (χ3n) is 2.08. The molecule has 1 unspecified atom stereocenters. The molecule has 1 heterocycles. The van der Waals surface area contributed by atoms with E-state index in [1.54, 1.807) is 6.07 Å². The van der Waals surface area contributed by atoms with E-state index >= 15 is 0 Å². The zero-order valence-electron chi connectivity index (χ0n) is 9.80. The number of aliphatic hydroxyl groups excluding tert-OH is 1. The molecule has 0 radical (unpaired) electrons. The van der Waals surface area contributed by atoms with Crippen LogP contribution in [0.25, 0.3) is 0 Å². The average Bonchev–Trinajstić information content (AvgIpc) is 2.36. The van der Waals surface area contributed by atoms with Crippen LogP contribution in [-0.4, -0.2) is 34.6 Å². The molecule has 1 aromatic heterocycles. The Kier molecular flexibility index (Phi) is 4.84. The van der Waals surface area contributed by atoms with Crippen LogP contribution in [-0.2, 0) is 4.79 Å². The van der Waals surface area contributed by atoms with Crippen molar-refractivity contribution in [2.45, 2.75) is 13.0 Å². The Balaban J connectivity index is 2.73. The van der Waals surface area contributed by atoms with Crippen LogP contribution >= 0.6 is 0 Å². The molecule has 1 atom stereocenters. The van der Waals surface area contributed by atoms with Crippen LogP contribution in [0.2, 0.25) is 0 Å². The molecule has 2 amide bonds. The average molecular weight is 247 g/mol. The van der Waals surface area contributed by atoms with Crippen molar-refractivity contribution in [3.63, 3.8) is 0 Å². The van der Waals surface area contributed by atoms with Crippen molar-refractivity contribution in [1.29, 1.82) is 0 Å². The van der Waals surface area contributed by atoms with Gasteiger partial charge in [-0.3, -0.25) is 9.59 Å². The van der Waals surface area contributed by atoms with Gasteiger partial charge in [0.2, 0.25) is 5.91 Å². The van der Waals surface area contributed by atoms with Gasteiger partial charge in [-0.15, -0.1) is 0 Å². The molecule has 0 fully saturated rings. The molecular formula is C12H13N3O3. The summed E-state index contributed by atoms with van der Waals surface area (Å²) in [4.78, 5) is 26.3. The number of primary amides is 1. The number of nitrogens with zero attached hydrogens (tertiary/aromatic N) is 1. The van der Waals surface area contributed by atoms with Gasteiger partial charge in [0.05, 0.1) is 0 Å². The van der Waals surface area contributed by atoms with Crippen LogP contribution in [0.5, 0.6) is 0 Å². The van der Waals surface area contributed by atoms with Gasteiger partial charge < -0.3 is 16.2 Å². The van der Waals surface area contributed by atoms with Gasteiger partial charge in [0, 0.05) is 11.8 Å². The summed E-state index contributed by atoms with van der Waals surface area (Å²) in [6, 6.07) is 2.32. The molecule has 18 heavy (non-hydrogen) atoms. The molecule has 1 aromatic rings. The predicted molar refractivity (Wildman–Crippen MR) is 64.3 cm³/mol. The summed E-state index contributed by atoms with van der Waals surface area (Å²) in [6.45, 7) is 1.25. The first-order valence-corrected chi connectivity index (χ1v) is 5.20. The highest BCUT2D eigenvalue weighted by molar-refractivity contribution is 5.95. The van der Waals surface area contributed by atoms with Crippen molar-refractivity contribution >= 4 is 11.8 Å². The van der Waals surface area contributed by atoms with E-state index in [1.807, 2.05) is 0 Å². The van der Waals surface area contributed by atoms with Gasteiger partial charge in [0.25, 0.3) is 5.91 Å². The highest BCUT2D eigenvalue weighted by atomic mass is 16.2. The number of hydrogen-bond acceptors (Lipinski definition) is 4. The Morgan fingerprint density at radius 3 is 2.78 bits per heavy atom. The first-order chi connectivity index (χ1) is 8.54. The highest BCUT2D eigenvalue weighted by Gasteiger charge is 2.14. The minimum absolute atomic E-state index is 0.164. The van der Waals surface area contributed by atoms with E-state index < -0.39 is 17.9 Å². The summed E-state index contributed by atoms with van der Waals surface area (Å²) in [7, 11) is 0. The fraction of sp³-hybridized carbons (Fsp3) is 0.250. The molecule has 1 rings (SSSR count). The lowest BCUT2D eigenvalue weighted by Gasteiger charge is -2.09. The third kappa shape index (κ3) is 3.88. The number of hydrogen-bond donors (Lipinski definition) is 3. The molecule has 94 valence electrons. The van der Waals surface area contributed by atoms with E-state index in [9.17, 15) is 9.59 Å². The molecule has 0 aromatic carbocycles. The highest BCUT2D eigenvalue weighted by Crippen LogP contribution is 1.99. The van der Waals surface area contributed by atoms with E-state index in [0.29, 0.717) is 5.56 Å². The van der Waals surface area contributed by atoms with E-state index in [2.05, 4.69) is 22.1 Å². The molecule has 4 N–H and O–H groups in total. The molecule has 0 bridgehead atoms. The topological polar surface area (TPSA) is 105 Å². The quantitative estimate of drug-likeness (QED) is 0.597. The van der Waals surface area contributed by atoms with E-state index in [0.717, 1.165) is 0 Å². The fourth-order valence-electron chi connectivity index (χ4n) is 1.09. The summed E-state index contributed by atoms with van der Waals surface area (Å²) < 4.78 is 0. The fourth-order valence-corrected chi connectivity index (χ4v) is 1.09. The maximum absolute atomic E-state index is 11.6. The number of amides is 2. The predicted octanol–water partition coefficient (Wildman–Crippen LogP) is -0.971. The second-order valence-corrected chi connectivity index (χ2v) is 3.49. The summed E-state index contributed by atoms with van der Waals surface area (Å²) >= 11 is 0. The Labute approximate surface area is 104 Å². The van der Waals surface area contributed by atoms with Crippen LogP contribution in [0.4, 0.5) is 0 Å². The Morgan fingerprint density at radius 2 is 2.28 bits per heavy atom. The number of carbonyl (C=O) groups is 2. The summed E-state index contributed by atoms with van der Waals surface area (Å²) in [5.41, 5.74) is 5.78. The number of aromatic nitrogens is 1. The molecule has 0 aliphatic carbocycles. The standard InChI is InChI=1S/C12H13N3O3/c1-8(11(13)17)15-12(18)10-5-4-9(7-14-10)3-2-6-16/h4-5,7-8,16H,6H2,1H3,(H2,13,17)(H,15,18). The maximum Gasteiger partial charge on any atom is 0.270 e. The van der Waals surface area contributed by atoms with Gasteiger partial charge in [-0.25, -0.2) is 4.98 Å². The van der Waals surface area contributed by atoms with Gasteiger partial charge in [-0.2, -0.15) is 0 Å². The molecule has 6 heteroatoms. The van der Waals surface area contributed by atoms with Crippen molar-refractivity contribution in [2.75, 3.05) is 6.61 Å². The number of rotatable bonds is 3. The SMILES string of the molecule is CC(NC(=O)c1ccc(C#CCO)cn1)C(N)=O. The molecule has 0 saturated carbocycles. The Hall–Kier alpha value is -2.39. The first-order valence-electron chi connectivity index (χ1n) is 5.20. The van der Waals surface area contributed by atoms with Crippen molar-refractivity contribution in [1.82, 2.24) is 10.3 Å². The van der Waals surface area contributed by atoms with Crippen LogP contribution in [0, 0.1) is 11.8 Å². The van der Waals surface area contributed by atoms with E-state index in [1.165, 1.54) is 19.2 Å². The lowest BCUT2D eigenvalue weighted by atomic mass is 10.2. The second-order valence-electron chi connectivity index (χ2n) is 3.49. The molecule has 0 aliphatic heterocycles. The van der Waals surface area contributed by atoms with Crippen molar-refractivity contribution in [2.24, 2.45) is 5.73 Å². The Morgan fingerprint density at radius 1 is 1.56 bits per heavy atom. The number of pyridine rings is 1. The van der Waals surface area contributed by atoms with Crippen LogP contribution in [0.1, 0.15) is 23.0 Å². The lowest BCUT2D eigenvalue weighted by Crippen LogP contribution is -2.42. The van der Waals surface area contributed by atoms with Crippen molar-refractivity contribution < 1.29 is 14.7 Å². The van der Waals surface area contributed by atoms with Crippen molar-refractivity contribution in [3.8, 4) is 11.8 Å². The van der Waals surface area contributed by atoms with Crippen LogP contribution in [0.15, 0.2) is 18.3 Å². The normalized spacial score (nSPS) is 11.0. The van der Waals surface area contributed by atoms with E-state index in [-0.39, 0.29) is 12.3 Å². The maximum atomic E-state index is 11.6. The number of nitrogens with two attached hydrogens (primary N) is 1. The number of nitrogens with one attached hydrogen (secondary N) is 1. The minimum Gasteiger partial charge on any atom is -0.384 e. The molecule has 0 aliphatic rings. The molecule has 0 spiro atoms. The monoisotopic (exact) mass is 247 g/mol.